The molecule has 0 aromatic heterocycles. The van der Waals surface area contributed by atoms with E-state index in [1.807, 2.05) is 0 Å². The van der Waals surface area contributed by atoms with Gasteiger partial charge in [-0.1, -0.05) is 20.8 Å². The summed E-state index contributed by atoms with van der Waals surface area (Å²) < 4.78 is 21.3. The molecule has 36 heavy (non-hydrogen) atoms. The maximum absolute atomic E-state index is 13.2. The van der Waals surface area contributed by atoms with Gasteiger partial charge in [-0.2, -0.15) is 0 Å². The summed E-state index contributed by atoms with van der Waals surface area (Å²) in [5, 5.41) is 6.29. The van der Waals surface area contributed by atoms with Gasteiger partial charge >= 0.3 is 0 Å². The lowest BCUT2D eigenvalue weighted by Crippen LogP contribution is -2.50. The second-order valence-electron chi connectivity index (χ2n) is 10.5. The summed E-state index contributed by atoms with van der Waals surface area (Å²) in [5.41, 5.74) is 0.688. The van der Waals surface area contributed by atoms with Crippen LogP contribution in [0.1, 0.15) is 60.7 Å². The molecule has 0 bridgehead atoms. The Balaban J connectivity index is 1.71. The van der Waals surface area contributed by atoms with E-state index < -0.39 is 0 Å². The Morgan fingerprint density at radius 1 is 0.806 bits per heavy atom. The van der Waals surface area contributed by atoms with Crippen LogP contribution in [0.25, 0.3) is 0 Å². The van der Waals surface area contributed by atoms with E-state index in [-0.39, 0.29) is 28.7 Å². The molecule has 1 aliphatic carbocycles. The standard InChI is InChI=1S/C28H38N2O6/c1-27(2)14-18(30-26(32)22-11-9-20(34-5)13-24(22)36-7)15-28(3,16-27)17-29-25(31)21-10-8-19(33-4)12-23(21)35-6/h8-13,18H,14-17H2,1-7H3,(H,29,31)(H,30,32)/t18-,28-/m1/s1. The molecule has 3 rings (SSSR count). The second kappa shape index (κ2) is 11.1. The zero-order chi connectivity index (χ0) is 26.5. The average Bonchev–Trinajstić information content (AvgIpc) is 2.85. The number of hydrogen-bond acceptors (Lipinski definition) is 6. The van der Waals surface area contributed by atoms with Crippen LogP contribution in [0.5, 0.6) is 23.0 Å². The number of methoxy groups -OCH3 is 4. The van der Waals surface area contributed by atoms with E-state index in [1.54, 1.807) is 50.6 Å². The van der Waals surface area contributed by atoms with Crippen molar-refractivity contribution in [3.05, 3.63) is 47.5 Å². The molecule has 2 atom stereocenters. The highest BCUT2D eigenvalue weighted by atomic mass is 16.5. The van der Waals surface area contributed by atoms with Crippen molar-refractivity contribution in [3.8, 4) is 23.0 Å². The van der Waals surface area contributed by atoms with Crippen LogP contribution in [0.15, 0.2) is 36.4 Å². The summed E-state index contributed by atoms with van der Waals surface area (Å²) in [7, 11) is 6.21. The van der Waals surface area contributed by atoms with Crippen molar-refractivity contribution in [2.24, 2.45) is 10.8 Å². The normalized spacial score (nSPS) is 20.7. The van der Waals surface area contributed by atoms with E-state index in [1.165, 1.54) is 14.2 Å². The minimum atomic E-state index is -0.209. The second-order valence-corrected chi connectivity index (χ2v) is 10.5. The molecule has 2 aromatic rings. The first-order valence-corrected chi connectivity index (χ1v) is 12.1. The van der Waals surface area contributed by atoms with Crippen LogP contribution in [0.4, 0.5) is 0 Å². The molecule has 2 aromatic carbocycles. The predicted octanol–water partition coefficient (Wildman–Crippen LogP) is 4.47. The zero-order valence-corrected chi connectivity index (χ0v) is 22.3. The molecular weight excluding hydrogens is 460 g/mol. The van der Waals surface area contributed by atoms with Gasteiger partial charge in [-0.3, -0.25) is 9.59 Å². The first-order valence-electron chi connectivity index (χ1n) is 12.1. The van der Waals surface area contributed by atoms with Crippen molar-refractivity contribution < 1.29 is 28.5 Å². The summed E-state index contributed by atoms with van der Waals surface area (Å²) in [6.07, 6.45) is 2.49. The minimum absolute atomic E-state index is 0.0164. The lowest BCUT2D eigenvalue weighted by molar-refractivity contribution is 0.0590. The molecule has 2 N–H and O–H groups in total. The molecule has 2 amide bonds. The van der Waals surface area contributed by atoms with Crippen molar-refractivity contribution in [2.45, 2.75) is 46.1 Å². The Morgan fingerprint density at radius 2 is 1.33 bits per heavy atom. The molecule has 8 nitrogen and oxygen atoms in total. The highest BCUT2D eigenvalue weighted by Gasteiger charge is 2.42. The molecule has 0 spiro atoms. The van der Waals surface area contributed by atoms with E-state index >= 15 is 0 Å². The third kappa shape index (κ3) is 6.42. The Morgan fingerprint density at radius 3 is 1.83 bits per heavy atom. The fourth-order valence-electron chi connectivity index (χ4n) is 5.49. The SMILES string of the molecule is COc1ccc(C(=O)NC[C@]2(C)C[C@H](NC(=O)c3ccc(OC)cc3OC)CC(C)(C)C2)c(OC)c1. The lowest BCUT2D eigenvalue weighted by atomic mass is 9.62. The van der Waals surface area contributed by atoms with Gasteiger partial charge in [0, 0.05) is 24.7 Å². The largest absolute Gasteiger partial charge is 0.497 e. The number of amides is 2. The van der Waals surface area contributed by atoms with Gasteiger partial charge in [0.1, 0.15) is 23.0 Å². The van der Waals surface area contributed by atoms with Gasteiger partial charge in [-0.15, -0.1) is 0 Å². The van der Waals surface area contributed by atoms with Crippen molar-refractivity contribution in [3.63, 3.8) is 0 Å². The highest BCUT2D eigenvalue weighted by Crippen LogP contribution is 2.46. The molecule has 1 saturated carbocycles. The van der Waals surface area contributed by atoms with Crippen LogP contribution in [-0.4, -0.2) is 52.8 Å². The molecule has 1 fully saturated rings. The van der Waals surface area contributed by atoms with Crippen LogP contribution >= 0.6 is 0 Å². The van der Waals surface area contributed by atoms with Crippen molar-refractivity contribution in [2.75, 3.05) is 35.0 Å². The fraction of sp³-hybridized carbons (Fsp3) is 0.500. The maximum atomic E-state index is 13.2. The zero-order valence-electron chi connectivity index (χ0n) is 22.3. The molecule has 0 radical (unpaired) electrons. The maximum Gasteiger partial charge on any atom is 0.255 e. The molecule has 196 valence electrons. The van der Waals surface area contributed by atoms with E-state index in [0.29, 0.717) is 40.7 Å². The van der Waals surface area contributed by atoms with E-state index in [9.17, 15) is 9.59 Å². The Labute approximate surface area is 213 Å². The van der Waals surface area contributed by atoms with Crippen LogP contribution in [0, 0.1) is 10.8 Å². The van der Waals surface area contributed by atoms with Crippen molar-refractivity contribution in [1.29, 1.82) is 0 Å². The van der Waals surface area contributed by atoms with Gasteiger partial charge < -0.3 is 29.6 Å². The highest BCUT2D eigenvalue weighted by molar-refractivity contribution is 5.98. The Hall–Kier alpha value is -3.42. The van der Waals surface area contributed by atoms with Crippen LogP contribution < -0.4 is 29.6 Å². The third-order valence-corrected chi connectivity index (χ3v) is 6.76. The van der Waals surface area contributed by atoms with Crippen molar-refractivity contribution in [1.82, 2.24) is 10.6 Å². The number of hydrogen-bond donors (Lipinski definition) is 2. The summed E-state index contributed by atoms with van der Waals surface area (Å²) >= 11 is 0. The Kier molecular flexibility index (Phi) is 8.38. The Bertz CT molecular complexity index is 1100. The first-order chi connectivity index (χ1) is 17.0. The molecule has 8 heteroatoms. The third-order valence-electron chi connectivity index (χ3n) is 6.76. The van der Waals surface area contributed by atoms with Gasteiger partial charge in [-0.25, -0.2) is 0 Å². The van der Waals surface area contributed by atoms with Crippen LogP contribution in [0.2, 0.25) is 0 Å². The summed E-state index contributed by atoms with van der Waals surface area (Å²) in [6, 6.07) is 10.2. The van der Waals surface area contributed by atoms with Gasteiger partial charge in [0.15, 0.2) is 0 Å². The van der Waals surface area contributed by atoms with E-state index in [0.717, 1.165) is 19.3 Å². The van der Waals surface area contributed by atoms with E-state index in [4.69, 9.17) is 18.9 Å². The number of rotatable bonds is 9. The quantitative estimate of drug-likeness (QED) is 0.530. The molecule has 0 aliphatic heterocycles. The monoisotopic (exact) mass is 498 g/mol. The van der Waals surface area contributed by atoms with Gasteiger partial charge in [0.25, 0.3) is 11.8 Å². The molecule has 0 unspecified atom stereocenters. The summed E-state index contributed by atoms with van der Waals surface area (Å²) in [4.78, 5) is 26.2. The smallest absolute Gasteiger partial charge is 0.255 e. The van der Waals surface area contributed by atoms with Crippen LogP contribution in [0.3, 0.4) is 0 Å². The summed E-state index contributed by atoms with van der Waals surface area (Å²) in [5.74, 6) is 1.77. The van der Waals surface area contributed by atoms with Crippen molar-refractivity contribution >= 4 is 11.8 Å². The number of benzene rings is 2. The van der Waals surface area contributed by atoms with E-state index in [2.05, 4.69) is 31.4 Å². The van der Waals surface area contributed by atoms with Gasteiger partial charge in [0.05, 0.1) is 39.6 Å². The molecular formula is C28H38N2O6. The topological polar surface area (TPSA) is 95.1 Å². The molecule has 1 aliphatic rings. The number of carbonyl (C=O) groups is 2. The van der Waals surface area contributed by atoms with Gasteiger partial charge in [-0.05, 0) is 54.4 Å². The molecule has 0 heterocycles. The fourth-order valence-corrected chi connectivity index (χ4v) is 5.49. The minimum Gasteiger partial charge on any atom is -0.497 e. The average molecular weight is 499 g/mol. The molecule has 0 saturated heterocycles. The number of nitrogens with one attached hydrogen (secondary N) is 2. The van der Waals surface area contributed by atoms with Crippen LogP contribution in [-0.2, 0) is 0 Å². The summed E-state index contributed by atoms with van der Waals surface area (Å²) in [6.45, 7) is 7.03. The lowest BCUT2D eigenvalue weighted by Gasteiger charge is -2.47. The number of ether oxygens (including phenoxy) is 4. The first kappa shape index (κ1) is 27.2. The number of carbonyl (C=O) groups excluding carboxylic acids is 2. The van der Waals surface area contributed by atoms with Gasteiger partial charge in [0.2, 0.25) is 0 Å². The predicted molar refractivity (Wildman–Crippen MR) is 138 cm³/mol.